The van der Waals surface area contributed by atoms with Crippen molar-refractivity contribution >= 4 is 11.7 Å². The summed E-state index contributed by atoms with van der Waals surface area (Å²) in [6, 6.07) is 4.99. The predicted molar refractivity (Wildman–Crippen MR) is 87.0 cm³/mol. The topological polar surface area (TPSA) is 99.7 Å². The normalized spacial score (nSPS) is 20.3. The van der Waals surface area contributed by atoms with Gasteiger partial charge in [0.25, 0.3) is 0 Å². The summed E-state index contributed by atoms with van der Waals surface area (Å²) in [4.78, 5) is 14.0. The average molecular weight is 325 g/mol. The van der Waals surface area contributed by atoms with Gasteiger partial charge in [-0.1, -0.05) is 0 Å². The van der Waals surface area contributed by atoms with Gasteiger partial charge in [-0.3, -0.25) is 9.48 Å². The van der Waals surface area contributed by atoms with Crippen molar-refractivity contribution in [2.75, 3.05) is 12.4 Å². The number of nitriles is 1. The number of aromatic nitrogens is 4. The van der Waals surface area contributed by atoms with Gasteiger partial charge < -0.3 is 10.2 Å². The molecule has 0 unspecified atom stereocenters. The fourth-order valence-electron chi connectivity index (χ4n) is 3.27. The van der Waals surface area contributed by atoms with Crippen LogP contribution in [0.25, 0.3) is 0 Å². The summed E-state index contributed by atoms with van der Waals surface area (Å²) in [6.45, 7) is 3.96. The number of likely N-dealkylation sites (N-methyl/N-ethyl adjacent to an activating group) is 1. The molecule has 0 aromatic carbocycles. The lowest BCUT2D eigenvalue weighted by Gasteiger charge is -2.26. The Morgan fingerprint density at radius 2 is 2.04 bits per heavy atom. The van der Waals surface area contributed by atoms with Gasteiger partial charge in [0.2, 0.25) is 5.91 Å². The Hall–Kier alpha value is -2.95. The highest BCUT2D eigenvalue weighted by Gasteiger charge is 2.41. The lowest BCUT2D eigenvalue weighted by Crippen LogP contribution is -2.31. The van der Waals surface area contributed by atoms with Crippen molar-refractivity contribution in [2.24, 2.45) is 7.05 Å². The highest BCUT2D eigenvalue weighted by atomic mass is 16.2. The van der Waals surface area contributed by atoms with Crippen molar-refractivity contribution in [3.8, 4) is 6.07 Å². The molecule has 1 aliphatic rings. The Bertz CT molecular complexity index is 818. The van der Waals surface area contributed by atoms with Gasteiger partial charge >= 0.3 is 0 Å². The molecule has 124 valence electrons. The first-order valence-corrected chi connectivity index (χ1v) is 7.68. The van der Waals surface area contributed by atoms with E-state index in [2.05, 4.69) is 20.6 Å². The molecule has 2 aromatic rings. The van der Waals surface area contributed by atoms with Crippen molar-refractivity contribution in [3.05, 3.63) is 34.8 Å². The first-order valence-electron chi connectivity index (χ1n) is 7.68. The average Bonchev–Trinajstić information content (AvgIpc) is 2.96. The summed E-state index contributed by atoms with van der Waals surface area (Å²) in [7, 11) is 3.71. The number of rotatable bonds is 3. The minimum Gasteiger partial charge on any atom is -0.363 e. The number of likely N-dealkylation sites (tertiary alicyclic amines) is 1. The van der Waals surface area contributed by atoms with E-state index in [1.807, 2.05) is 38.7 Å². The molecule has 0 radical (unpaired) electrons. The van der Waals surface area contributed by atoms with Crippen LogP contribution in [0.5, 0.6) is 0 Å². The highest BCUT2D eigenvalue weighted by Crippen LogP contribution is 2.36. The zero-order valence-corrected chi connectivity index (χ0v) is 14.1. The third kappa shape index (κ3) is 2.58. The number of carbonyl (C=O) groups is 1. The lowest BCUT2D eigenvalue weighted by molar-refractivity contribution is -0.127. The number of nitrogens with zero attached hydrogens (tertiary/aromatic N) is 6. The van der Waals surface area contributed by atoms with Crippen LogP contribution in [-0.4, -0.2) is 43.9 Å². The van der Waals surface area contributed by atoms with Crippen molar-refractivity contribution in [3.63, 3.8) is 0 Å². The summed E-state index contributed by atoms with van der Waals surface area (Å²) >= 11 is 0. The van der Waals surface area contributed by atoms with E-state index in [1.165, 1.54) is 0 Å². The van der Waals surface area contributed by atoms with Gasteiger partial charge in [0.05, 0.1) is 17.8 Å². The Balaban J connectivity index is 1.93. The van der Waals surface area contributed by atoms with Crippen LogP contribution in [0.1, 0.15) is 35.1 Å². The smallest absolute Gasteiger partial charge is 0.225 e. The summed E-state index contributed by atoms with van der Waals surface area (Å²) in [5.74, 6) is 0.619. The van der Waals surface area contributed by atoms with Gasteiger partial charge in [0.1, 0.15) is 11.9 Å². The maximum absolute atomic E-state index is 12.3. The van der Waals surface area contributed by atoms with Crippen molar-refractivity contribution < 1.29 is 4.79 Å². The van der Waals surface area contributed by atoms with E-state index in [0.717, 1.165) is 17.0 Å². The zero-order valence-electron chi connectivity index (χ0n) is 14.1. The Morgan fingerprint density at radius 3 is 2.58 bits per heavy atom. The number of hydrogen-bond acceptors (Lipinski definition) is 6. The lowest BCUT2D eigenvalue weighted by atomic mass is 9.98. The minimum atomic E-state index is -0.133. The van der Waals surface area contributed by atoms with Crippen LogP contribution < -0.4 is 5.32 Å². The first kappa shape index (κ1) is 15.9. The van der Waals surface area contributed by atoms with Crippen LogP contribution in [-0.2, 0) is 11.8 Å². The quantitative estimate of drug-likeness (QED) is 0.906. The molecule has 3 rings (SSSR count). The molecule has 3 heterocycles. The maximum Gasteiger partial charge on any atom is 0.225 e. The number of hydrogen-bond donors (Lipinski definition) is 1. The second-order valence-electron chi connectivity index (χ2n) is 6.03. The summed E-state index contributed by atoms with van der Waals surface area (Å²) in [5, 5.41) is 24.4. The molecule has 1 N–H and O–H groups in total. The van der Waals surface area contributed by atoms with Gasteiger partial charge in [-0.15, -0.1) is 10.2 Å². The fourth-order valence-corrected chi connectivity index (χ4v) is 3.27. The van der Waals surface area contributed by atoms with Crippen LogP contribution in [0.3, 0.4) is 0 Å². The van der Waals surface area contributed by atoms with E-state index in [1.54, 1.807) is 17.0 Å². The molecule has 2 aromatic heterocycles. The molecular formula is C16H19N7O. The Kier molecular flexibility index (Phi) is 3.93. The van der Waals surface area contributed by atoms with Gasteiger partial charge in [-0.2, -0.15) is 10.4 Å². The van der Waals surface area contributed by atoms with Crippen LogP contribution in [0.4, 0.5) is 5.82 Å². The highest BCUT2D eigenvalue weighted by molar-refractivity contribution is 5.81. The van der Waals surface area contributed by atoms with Crippen molar-refractivity contribution in [1.82, 2.24) is 24.9 Å². The van der Waals surface area contributed by atoms with E-state index in [0.29, 0.717) is 12.2 Å². The summed E-state index contributed by atoms with van der Waals surface area (Å²) in [6.07, 6.45) is 0.372. The number of aryl methyl sites for hydroxylation is 2. The minimum absolute atomic E-state index is 0.0711. The van der Waals surface area contributed by atoms with Gasteiger partial charge in [0, 0.05) is 31.8 Å². The Morgan fingerprint density at radius 1 is 1.29 bits per heavy atom. The molecule has 24 heavy (non-hydrogen) atoms. The third-order valence-electron chi connectivity index (χ3n) is 4.56. The summed E-state index contributed by atoms with van der Waals surface area (Å²) in [5.41, 5.74) is 3.27. The van der Waals surface area contributed by atoms with Gasteiger partial charge in [-0.25, -0.2) is 0 Å². The molecule has 0 saturated carbocycles. The van der Waals surface area contributed by atoms with Crippen LogP contribution in [0, 0.1) is 25.2 Å². The molecule has 1 amide bonds. The van der Waals surface area contributed by atoms with Gasteiger partial charge in [0.15, 0.2) is 5.69 Å². The van der Waals surface area contributed by atoms with Crippen molar-refractivity contribution in [1.29, 1.82) is 5.26 Å². The molecule has 1 aliphatic heterocycles. The van der Waals surface area contributed by atoms with Crippen LogP contribution in [0.15, 0.2) is 12.1 Å². The van der Waals surface area contributed by atoms with E-state index in [9.17, 15) is 4.79 Å². The molecule has 8 heteroatoms. The zero-order chi connectivity index (χ0) is 17.4. The first-order chi connectivity index (χ1) is 11.4. The maximum atomic E-state index is 12.3. The molecule has 2 atom stereocenters. The monoisotopic (exact) mass is 325 g/mol. The van der Waals surface area contributed by atoms with Crippen LogP contribution in [0.2, 0.25) is 0 Å². The Labute approximate surface area is 140 Å². The molecule has 0 spiro atoms. The standard InChI is InChI=1S/C16H19N7O/c1-9-15(10(2)23(4)21-9)16-12(7-14(24)22(16)3)18-13-6-5-11(8-17)19-20-13/h5-6,12,16H,7H2,1-4H3,(H,18,20)/t12-,16-/m1/s1. The fraction of sp³-hybridized carbons (Fsp3) is 0.438. The third-order valence-corrected chi connectivity index (χ3v) is 4.56. The summed E-state index contributed by atoms with van der Waals surface area (Å²) < 4.78 is 1.83. The van der Waals surface area contributed by atoms with E-state index >= 15 is 0 Å². The molecule has 0 aliphatic carbocycles. The molecular weight excluding hydrogens is 306 g/mol. The van der Waals surface area contributed by atoms with Gasteiger partial charge in [-0.05, 0) is 26.0 Å². The van der Waals surface area contributed by atoms with Crippen LogP contribution >= 0.6 is 0 Å². The SMILES string of the molecule is Cc1nn(C)c(C)c1[C@H]1[C@H](Nc2ccc(C#N)nn2)CC(=O)N1C. The molecule has 1 saturated heterocycles. The predicted octanol–water partition coefficient (Wildman–Crippen LogP) is 1.08. The largest absolute Gasteiger partial charge is 0.363 e. The number of carbonyl (C=O) groups excluding carboxylic acids is 1. The number of nitrogens with one attached hydrogen (secondary N) is 1. The number of amides is 1. The van der Waals surface area contributed by atoms with E-state index in [-0.39, 0.29) is 23.7 Å². The number of anilines is 1. The van der Waals surface area contributed by atoms with E-state index in [4.69, 9.17) is 5.26 Å². The van der Waals surface area contributed by atoms with E-state index < -0.39 is 0 Å². The molecule has 8 nitrogen and oxygen atoms in total. The molecule has 1 fully saturated rings. The van der Waals surface area contributed by atoms with Crippen molar-refractivity contribution in [2.45, 2.75) is 32.4 Å². The second kappa shape index (κ2) is 5.92. The molecule has 0 bridgehead atoms. The second-order valence-corrected chi connectivity index (χ2v) is 6.03.